The number of methoxy groups -OCH3 is 1. The van der Waals surface area contributed by atoms with E-state index in [1.54, 1.807) is 7.11 Å². The molecule has 1 amide bonds. The second-order valence-electron chi connectivity index (χ2n) is 6.75. The van der Waals surface area contributed by atoms with Crippen molar-refractivity contribution in [2.24, 2.45) is 0 Å². The first-order valence-electron chi connectivity index (χ1n) is 9.33. The van der Waals surface area contributed by atoms with E-state index in [0.717, 1.165) is 57.2 Å². The lowest BCUT2D eigenvalue weighted by molar-refractivity contribution is -0.121. The van der Waals surface area contributed by atoms with Gasteiger partial charge in [-0.3, -0.25) is 9.69 Å². The summed E-state index contributed by atoms with van der Waals surface area (Å²) in [7, 11) is 1.67. The first-order chi connectivity index (χ1) is 12.7. The highest BCUT2D eigenvalue weighted by atomic mass is 16.7. The zero-order valence-electron chi connectivity index (χ0n) is 15.5. The summed E-state index contributed by atoms with van der Waals surface area (Å²) in [5.74, 6) is 1.81. The molecule has 0 aliphatic carbocycles. The van der Waals surface area contributed by atoms with Crippen molar-refractivity contribution < 1.29 is 19.0 Å². The van der Waals surface area contributed by atoms with Crippen molar-refractivity contribution in [3.05, 3.63) is 23.8 Å². The summed E-state index contributed by atoms with van der Waals surface area (Å²) in [6.07, 6.45) is 1.43. The highest BCUT2D eigenvalue weighted by Crippen LogP contribution is 2.32. The van der Waals surface area contributed by atoms with E-state index in [2.05, 4.69) is 27.2 Å². The molecule has 1 fully saturated rings. The van der Waals surface area contributed by atoms with Gasteiger partial charge in [0.1, 0.15) is 0 Å². The van der Waals surface area contributed by atoms with Crippen LogP contribution in [0.2, 0.25) is 0 Å². The highest BCUT2D eigenvalue weighted by Gasteiger charge is 2.19. The van der Waals surface area contributed by atoms with E-state index >= 15 is 0 Å². The minimum atomic E-state index is 0.129. The van der Waals surface area contributed by atoms with E-state index in [-0.39, 0.29) is 5.91 Å². The molecule has 0 atom stereocenters. The highest BCUT2D eigenvalue weighted by molar-refractivity contribution is 5.76. The molecule has 0 unspecified atom stereocenters. The van der Waals surface area contributed by atoms with Gasteiger partial charge >= 0.3 is 0 Å². The number of nitrogens with one attached hydrogen (secondary N) is 1. The second kappa shape index (κ2) is 9.75. The predicted octanol–water partition coefficient (Wildman–Crippen LogP) is 1.08. The molecule has 1 saturated heterocycles. The van der Waals surface area contributed by atoms with E-state index in [1.165, 1.54) is 5.56 Å². The van der Waals surface area contributed by atoms with Crippen molar-refractivity contribution in [2.45, 2.75) is 19.4 Å². The van der Waals surface area contributed by atoms with Gasteiger partial charge in [-0.15, -0.1) is 0 Å². The summed E-state index contributed by atoms with van der Waals surface area (Å²) in [5.41, 5.74) is 1.25. The second-order valence-corrected chi connectivity index (χ2v) is 6.75. The fraction of sp³-hybridized carbons (Fsp3) is 0.632. The Morgan fingerprint density at radius 3 is 2.73 bits per heavy atom. The molecule has 2 heterocycles. The number of hydrogen-bond donors (Lipinski definition) is 1. The quantitative estimate of drug-likeness (QED) is 0.663. The lowest BCUT2D eigenvalue weighted by Crippen LogP contribution is -2.46. The van der Waals surface area contributed by atoms with Crippen LogP contribution in [0.3, 0.4) is 0 Å². The molecule has 2 aliphatic heterocycles. The summed E-state index contributed by atoms with van der Waals surface area (Å²) in [4.78, 5) is 16.6. The molecule has 144 valence electrons. The number of piperazine rings is 1. The lowest BCUT2D eigenvalue weighted by atomic mass is 10.1. The SMILES string of the molecule is COCCCNC(=O)CCN1CCN(Cc2ccc3c(c2)OCO3)CC1. The van der Waals surface area contributed by atoms with Crippen molar-refractivity contribution >= 4 is 5.91 Å². The van der Waals surface area contributed by atoms with Crippen LogP contribution in [0.15, 0.2) is 18.2 Å². The van der Waals surface area contributed by atoms with Gasteiger partial charge in [0.2, 0.25) is 12.7 Å². The van der Waals surface area contributed by atoms with Crippen LogP contribution in [0.4, 0.5) is 0 Å². The van der Waals surface area contributed by atoms with Crippen LogP contribution in [0.25, 0.3) is 0 Å². The van der Waals surface area contributed by atoms with Crippen LogP contribution >= 0.6 is 0 Å². The van der Waals surface area contributed by atoms with Crippen molar-refractivity contribution in [1.29, 1.82) is 0 Å². The number of hydrogen-bond acceptors (Lipinski definition) is 6. The van der Waals surface area contributed by atoms with Gasteiger partial charge in [0.05, 0.1) is 0 Å². The van der Waals surface area contributed by atoms with E-state index < -0.39 is 0 Å². The molecule has 0 aromatic heterocycles. The number of fused-ring (bicyclic) bond motifs is 1. The smallest absolute Gasteiger partial charge is 0.231 e. The van der Waals surface area contributed by atoms with E-state index in [4.69, 9.17) is 14.2 Å². The summed E-state index contributed by atoms with van der Waals surface area (Å²) >= 11 is 0. The largest absolute Gasteiger partial charge is 0.454 e. The fourth-order valence-electron chi connectivity index (χ4n) is 3.26. The zero-order chi connectivity index (χ0) is 18.2. The van der Waals surface area contributed by atoms with Crippen molar-refractivity contribution in [3.8, 4) is 11.5 Å². The third-order valence-electron chi connectivity index (χ3n) is 4.81. The van der Waals surface area contributed by atoms with Gasteiger partial charge in [-0.25, -0.2) is 0 Å². The van der Waals surface area contributed by atoms with Gasteiger partial charge in [0.25, 0.3) is 0 Å². The number of nitrogens with zero attached hydrogens (tertiary/aromatic N) is 2. The zero-order valence-corrected chi connectivity index (χ0v) is 15.5. The van der Waals surface area contributed by atoms with Gasteiger partial charge in [-0.05, 0) is 24.1 Å². The molecule has 2 aliphatic rings. The van der Waals surface area contributed by atoms with Crippen molar-refractivity contribution in [2.75, 3.05) is 59.8 Å². The first kappa shape index (κ1) is 18.9. The minimum absolute atomic E-state index is 0.129. The van der Waals surface area contributed by atoms with Gasteiger partial charge in [-0.1, -0.05) is 6.07 Å². The molecule has 1 N–H and O–H groups in total. The molecule has 0 saturated carbocycles. The molecule has 3 rings (SSSR count). The molecule has 0 bridgehead atoms. The topological polar surface area (TPSA) is 63.3 Å². The van der Waals surface area contributed by atoms with E-state index in [1.807, 2.05) is 6.07 Å². The van der Waals surface area contributed by atoms with E-state index in [9.17, 15) is 4.79 Å². The average molecular weight is 363 g/mol. The number of carbonyl (C=O) groups excluding carboxylic acids is 1. The molecule has 0 spiro atoms. The van der Waals surface area contributed by atoms with Crippen LogP contribution < -0.4 is 14.8 Å². The molecule has 1 aromatic carbocycles. The average Bonchev–Trinajstić information content (AvgIpc) is 3.12. The number of benzene rings is 1. The van der Waals surface area contributed by atoms with Gasteiger partial charge in [0.15, 0.2) is 11.5 Å². The third kappa shape index (κ3) is 5.59. The minimum Gasteiger partial charge on any atom is -0.454 e. The maximum atomic E-state index is 11.8. The summed E-state index contributed by atoms with van der Waals surface area (Å²) < 4.78 is 15.8. The number of ether oxygens (including phenoxy) is 3. The Morgan fingerprint density at radius 2 is 1.92 bits per heavy atom. The molecule has 7 heteroatoms. The third-order valence-corrected chi connectivity index (χ3v) is 4.81. The van der Waals surface area contributed by atoms with Crippen LogP contribution in [0.5, 0.6) is 11.5 Å². The lowest BCUT2D eigenvalue weighted by Gasteiger charge is -2.34. The Morgan fingerprint density at radius 1 is 1.15 bits per heavy atom. The van der Waals surface area contributed by atoms with Crippen molar-refractivity contribution in [1.82, 2.24) is 15.1 Å². The number of rotatable bonds is 9. The van der Waals surface area contributed by atoms with E-state index in [0.29, 0.717) is 26.4 Å². The Kier molecular flexibility index (Phi) is 7.11. The Bertz CT molecular complexity index is 588. The number of carbonyl (C=O) groups is 1. The molecule has 26 heavy (non-hydrogen) atoms. The standard InChI is InChI=1S/C19H29N3O4/c1-24-12-2-6-20-19(23)5-7-21-8-10-22(11-9-21)14-16-3-4-17-18(13-16)26-15-25-17/h3-4,13H,2,5-12,14-15H2,1H3,(H,20,23). The number of amides is 1. The summed E-state index contributed by atoms with van der Waals surface area (Å²) in [6, 6.07) is 6.16. The van der Waals surface area contributed by atoms with Gasteiger partial charge in [0, 0.05) is 66.0 Å². The molecule has 0 radical (unpaired) electrons. The molecule has 7 nitrogen and oxygen atoms in total. The Labute approximate surface area is 155 Å². The Balaban J connectivity index is 1.32. The Hall–Kier alpha value is -1.83. The van der Waals surface area contributed by atoms with Gasteiger partial charge in [-0.2, -0.15) is 0 Å². The molecular formula is C19H29N3O4. The summed E-state index contributed by atoms with van der Waals surface area (Å²) in [6.45, 7) is 7.48. The maximum Gasteiger partial charge on any atom is 0.231 e. The molecular weight excluding hydrogens is 334 g/mol. The van der Waals surface area contributed by atoms with Gasteiger partial charge < -0.3 is 24.4 Å². The maximum absolute atomic E-state index is 11.8. The van der Waals surface area contributed by atoms with Crippen LogP contribution in [0.1, 0.15) is 18.4 Å². The van der Waals surface area contributed by atoms with Crippen molar-refractivity contribution in [3.63, 3.8) is 0 Å². The fourth-order valence-corrected chi connectivity index (χ4v) is 3.26. The van der Waals surface area contributed by atoms with Crippen LogP contribution in [-0.4, -0.2) is 75.5 Å². The summed E-state index contributed by atoms with van der Waals surface area (Å²) in [5, 5.41) is 2.94. The molecule has 1 aromatic rings. The first-order valence-corrected chi connectivity index (χ1v) is 9.33. The van der Waals surface area contributed by atoms with Crippen LogP contribution in [-0.2, 0) is 16.1 Å². The monoisotopic (exact) mass is 363 g/mol. The normalized spacial score (nSPS) is 17.4. The van der Waals surface area contributed by atoms with Crippen LogP contribution in [0, 0.1) is 0 Å². The predicted molar refractivity (Wildman–Crippen MR) is 98.4 cm³/mol.